The van der Waals surface area contributed by atoms with Gasteiger partial charge >= 0.3 is 0 Å². The van der Waals surface area contributed by atoms with Crippen LogP contribution < -0.4 is 10.6 Å². The number of benzene rings is 2. The number of amides is 3. The second-order valence-corrected chi connectivity index (χ2v) is 7.36. The van der Waals surface area contributed by atoms with Crippen LogP contribution in [0.3, 0.4) is 0 Å². The fourth-order valence-electron chi connectivity index (χ4n) is 3.54. The van der Waals surface area contributed by atoms with Gasteiger partial charge in [-0.15, -0.1) is 0 Å². The molecule has 28 heavy (non-hydrogen) atoms. The molecule has 6 heteroatoms. The summed E-state index contributed by atoms with van der Waals surface area (Å²) in [5.41, 5.74) is 4.07. The Kier molecular flexibility index (Phi) is 4.86. The highest BCUT2D eigenvalue weighted by Crippen LogP contribution is 2.31. The first-order valence-corrected chi connectivity index (χ1v) is 9.60. The number of fused-ring (bicyclic) bond motifs is 1. The van der Waals surface area contributed by atoms with E-state index < -0.39 is 0 Å². The Bertz CT molecular complexity index is 933. The van der Waals surface area contributed by atoms with Crippen LogP contribution in [0.1, 0.15) is 51.1 Å². The monoisotopic (exact) mass is 377 g/mol. The third-order valence-electron chi connectivity index (χ3n) is 5.29. The molecule has 0 radical (unpaired) electrons. The Morgan fingerprint density at radius 1 is 1.07 bits per heavy atom. The van der Waals surface area contributed by atoms with Gasteiger partial charge in [0.2, 0.25) is 5.91 Å². The molecule has 3 amide bonds. The molecule has 6 nitrogen and oxygen atoms in total. The molecule has 2 aromatic carbocycles. The standard InChI is InChI=1S/C22H23N3O3/c1-23-21(27)15-4-2-14(3-5-15)13-25(18-8-9-18)22(28)17-6-10-19-16(12-17)7-11-20(26)24-19/h2-6,10,12,18H,7-9,11,13H2,1H3,(H,23,27)(H,24,26). The number of hydrogen-bond acceptors (Lipinski definition) is 3. The van der Waals surface area contributed by atoms with E-state index in [0.717, 1.165) is 29.7 Å². The van der Waals surface area contributed by atoms with Gasteiger partial charge in [-0.2, -0.15) is 0 Å². The SMILES string of the molecule is CNC(=O)c1ccc(CN(C(=O)c2ccc3c(c2)CCC(=O)N3)C2CC2)cc1. The average molecular weight is 377 g/mol. The predicted octanol–water partition coefficient (Wildman–Crippen LogP) is 2.74. The molecule has 0 aromatic heterocycles. The molecule has 1 saturated carbocycles. The van der Waals surface area contributed by atoms with Crippen molar-refractivity contribution in [3.05, 3.63) is 64.7 Å². The molecule has 144 valence electrons. The summed E-state index contributed by atoms with van der Waals surface area (Å²) in [4.78, 5) is 38.3. The normalized spacial score (nSPS) is 15.4. The van der Waals surface area contributed by atoms with Gasteiger partial charge in [0.25, 0.3) is 11.8 Å². The van der Waals surface area contributed by atoms with Gasteiger partial charge in [-0.3, -0.25) is 14.4 Å². The van der Waals surface area contributed by atoms with Crippen LogP contribution in [0.4, 0.5) is 5.69 Å². The zero-order chi connectivity index (χ0) is 19.7. The number of aryl methyl sites for hydroxylation is 1. The number of hydrogen-bond donors (Lipinski definition) is 2. The van der Waals surface area contributed by atoms with E-state index in [1.807, 2.05) is 29.2 Å². The van der Waals surface area contributed by atoms with Crippen LogP contribution in [0.15, 0.2) is 42.5 Å². The molecule has 1 aliphatic carbocycles. The van der Waals surface area contributed by atoms with Gasteiger partial charge in [0.1, 0.15) is 0 Å². The molecule has 0 unspecified atom stereocenters. The first kappa shape index (κ1) is 18.2. The van der Waals surface area contributed by atoms with E-state index in [2.05, 4.69) is 10.6 Å². The van der Waals surface area contributed by atoms with Crippen molar-refractivity contribution >= 4 is 23.4 Å². The molecule has 2 aliphatic rings. The van der Waals surface area contributed by atoms with Gasteiger partial charge < -0.3 is 15.5 Å². The first-order valence-electron chi connectivity index (χ1n) is 9.60. The minimum atomic E-state index is -0.122. The maximum absolute atomic E-state index is 13.2. The fraction of sp³-hybridized carbons (Fsp3) is 0.318. The van der Waals surface area contributed by atoms with Crippen molar-refractivity contribution in [1.29, 1.82) is 0 Å². The lowest BCUT2D eigenvalue weighted by Gasteiger charge is -2.24. The van der Waals surface area contributed by atoms with Crippen molar-refractivity contribution in [3.8, 4) is 0 Å². The third-order valence-corrected chi connectivity index (χ3v) is 5.29. The van der Waals surface area contributed by atoms with Gasteiger partial charge in [-0.05, 0) is 60.7 Å². The Labute approximate surface area is 163 Å². The number of nitrogens with zero attached hydrogens (tertiary/aromatic N) is 1. The second-order valence-electron chi connectivity index (χ2n) is 7.36. The fourth-order valence-corrected chi connectivity index (χ4v) is 3.54. The van der Waals surface area contributed by atoms with Crippen LogP contribution in [0.2, 0.25) is 0 Å². The largest absolute Gasteiger partial charge is 0.355 e. The molecule has 1 aliphatic heterocycles. The van der Waals surface area contributed by atoms with E-state index >= 15 is 0 Å². The second kappa shape index (κ2) is 7.46. The van der Waals surface area contributed by atoms with Gasteiger partial charge in [-0.1, -0.05) is 12.1 Å². The molecule has 2 aromatic rings. The molecule has 0 bridgehead atoms. The first-order chi connectivity index (χ1) is 13.5. The Morgan fingerprint density at radius 2 is 1.79 bits per heavy atom. The zero-order valence-electron chi connectivity index (χ0n) is 15.8. The molecule has 1 fully saturated rings. The summed E-state index contributed by atoms with van der Waals surface area (Å²) in [5.74, 6) is -0.0909. The van der Waals surface area contributed by atoms with Crippen LogP contribution in [0.5, 0.6) is 0 Å². The summed E-state index contributed by atoms with van der Waals surface area (Å²) in [5, 5.41) is 5.46. The van der Waals surface area contributed by atoms with E-state index in [1.54, 1.807) is 25.2 Å². The van der Waals surface area contributed by atoms with Crippen LogP contribution >= 0.6 is 0 Å². The van der Waals surface area contributed by atoms with Gasteiger partial charge in [-0.25, -0.2) is 0 Å². The van der Waals surface area contributed by atoms with Crippen molar-refractivity contribution in [1.82, 2.24) is 10.2 Å². The highest BCUT2D eigenvalue weighted by atomic mass is 16.2. The highest BCUT2D eigenvalue weighted by Gasteiger charge is 2.33. The Morgan fingerprint density at radius 3 is 2.46 bits per heavy atom. The average Bonchev–Trinajstić information content (AvgIpc) is 3.56. The maximum atomic E-state index is 13.2. The smallest absolute Gasteiger partial charge is 0.254 e. The van der Waals surface area contributed by atoms with E-state index in [9.17, 15) is 14.4 Å². The molecular weight excluding hydrogens is 354 g/mol. The summed E-state index contributed by atoms with van der Waals surface area (Å²) in [7, 11) is 1.60. The maximum Gasteiger partial charge on any atom is 0.254 e. The van der Waals surface area contributed by atoms with Crippen molar-refractivity contribution < 1.29 is 14.4 Å². The number of carbonyl (C=O) groups is 3. The molecule has 4 rings (SSSR count). The number of nitrogens with one attached hydrogen (secondary N) is 2. The Balaban J connectivity index is 1.53. The molecule has 0 spiro atoms. The van der Waals surface area contributed by atoms with E-state index in [4.69, 9.17) is 0 Å². The number of anilines is 1. The highest BCUT2D eigenvalue weighted by molar-refractivity contribution is 5.98. The van der Waals surface area contributed by atoms with Crippen molar-refractivity contribution in [2.24, 2.45) is 0 Å². The van der Waals surface area contributed by atoms with Crippen molar-refractivity contribution in [3.63, 3.8) is 0 Å². The summed E-state index contributed by atoms with van der Waals surface area (Å²) in [6, 6.07) is 13.1. The van der Waals surface area contributed by atoms with Crippen LogP contribution in [0, 0.1) is 0 Å². The molecule has 0 atom stereocenters. The minimum absolute atomic E-state index is 0.0116. The predicted molar refractivity (Wildman–Crippen MR) is 106 cm³/mol. The zero-order valence-corrected chi connectivity index (χ0v) is 15.8. The van der Waals surface area contributed by atoms with Gasteiger partial charge in [0.05, 0.1) is 0 Å². The third kappa shape index (κ3) is 3.76. The number of rotatable bonds is 5. The van der Waals surface area contributed by atoms with Crippen molar-refractivity contribution in [2.75, 3.05) is 12.4 Å². The topological polar surface area (TPSA) is 78.5 Å². The van der Waals surface area contributed by atoms with Crippen LogP contribution in [0.25, 0.3) is 0 Å². The lowest BCUT2D eigenvalue weighted by Crippen LogP contribution is -2.33. The quantitative estimate of drug-likeness (QED) is 0.841. The molecular formula is C22H23N3O3. The summed E-state index contributed by atoms with van der Waals surface area (Å²) in [6.45, 7) is 0.519. The van der Waals surface area contributed by atoms with Crippen LogP contribution in [-0.4, -0.2) is 35.7 Å². The minimum Gasteiger partial charge on any atom is -0.355 e. The van der Waals surface area contributed by atoms with Gasteiger partial charge in [0.15, 0.2) is 0 Å². The van der Waals surface area contributed by atoms with E-state index in [1.165, 1.54) is 0 Å². The van der Waals surface area contributed by atoms with Gasteiger partial charge in [0, 0.05) is 42.9 Å². The number of carbonyl (C=O) groups excluding carboxylic acids is 3. The molecule has 1 heterocycles. The lowest BCUT2D eigenvalue weighted by atomic mass is 9.99. The molecule has 2 N–H and O–H groups in total. The van der Waals surface area contributed by atoms with E-state index in [-0.39, 0.29) is 23.8 Å². The van der Waals surface area contributed by atoms with E-state index in [0.29, 0.717) is 30.5 Å². The lowest BCUT2D eigenvalue weighted by molar-refractivity contribution is -0.116. The summed E-state index contributed by atoms with van der Waals surface area (Å²) >= 11 is 0. The Hall–Kier alpha value is -3.15. The van der Waals surface area contributed by atoms with Crippen molar-refractivity contribution in [2.45, 2.75) is 38.3 Å². The summed E-state index contributed by atoms with van der Waals surface area (Å²) < 4.78 is 0. The summed E-state index contributed by atoms with van der Waals surface area (Å²) in [6.07, 6.45) is 3.15. The van der Waals surface area contributed by atoms with Crippen LogP contribution in [-0.2, 0) is 17.8 Å². The molecule has 0 saturated heterocycles.